The van der Waals surface area contributed by atoms with Gasteiger partial charge in [-0.25, -0.2) is 15.0 Å². The van der Waals surface area contributed by atoms with Crippen molar-refractivity contribution in [2.75, 3.05) is 18.1 Å². The molecular weight excluding hydrogens is 402 g/mol. The molecule has 0 saturated carbocycles. The highest BCUT2D eigenvalue weighted by molar-refractivity contribution is 7.98. The number of carbonyl (C=O) groups is 1. The second kappa shape index (κ2) is 7.11. The van der Waals surface area contributed by atoms with Gasteiger partial charge >= 0.3 is 0 Å². The summed E-state index contributed by atoms with van der Waals surface area (Å²) in [6.45, 7) is 2.94. The van der Waals surface area contributed by atoms with Crippen LogP contribution in [0.5, 0.6) is 0 Å². The van der Waals surface area contributed by atoms with Gasteiger partial charge in [-0.05, 0) is 55.3 Å². The Morgan fingerprint density at radius 1 is 1.28 bits per heavy atom. The molecule has 2 fully saturated rings. The van der Waals surface area contributed by atoms with Gasteiger partial charge in [-0.2, -0.15) is 0 Å². The Balaban J connectivity index is 1.43. The molecule has 8 heteroatoms. The van der Waals surface area contributed by atoms with Gasteiger partial charge < -0.3 is 10.2 Å². The number of hydrogen-bond donors (Lipinski definition) is 1. The smallest absolute Gasteiger partial charge is 0.228 e. The molecule has 29 heavy (non-hydrogen) atoms. The van der Waals surface area contributed by atoms with Gasteiger partial charge in [0.1, 0.15) is 15.6 Å². The fourth-order valence-corrected chi connectivity index (χ4v) is 5.75. The molecule has 1 atom stereocenters. The average Bonchev–Trinajstić information content (AvgIpc) is 3.32. The lowest BCUT2D eigenvalue weighted by molar-refractivity contribution is -0.153. The van der Waals surface area contributed by atoms with E-state index in [1.54, 1.807) is 29.3 Å². The Labute approximate surface area is 177 Å². The zero-order chi connectivity index (χ0) is 20.0. The number of thioether (sulfide) groups is 1. The summed E-state index contributed by atoms with van der Waals surface area (Å²) in [5.41, 5.74) is 3.08. The first-order valence-corrected chi connectivity index (χ1v) is 11.6. The van der Waals surface area contributed by atoms with Crippen LogP contribution in [0, 0.1) is 6.92 Å². The molecule has 2 aliphatic rings. The molecule has 4 heterocycles. The molecule has 1 unspecified atom stereocenters. The van der Waals surface area contributed by atoms with Crippen molar-refractivity contribution >= 4 is 40.6 Å². The minimum absolute atomic E-state index is 0.142. The largest absolute Gasteiger partial charge is 0.330 e. The van der Waals surface area contributed by atoms with E-state index in [2.05, 4.69) is 40.4 Å². The summed E-state index contributed by atoms with van der Waals surface area (Å²) >= 11 is 3.29. The van der Waals surface area contributed by atoms with Crippen molar-refractivity contribution in [3.8, 4) is 10.4 Å². The summed E-state index contributed by atoms with van der Waals surface area (Å²) in [6.07, 6.45) is 8.39. The van der Waals surface area contributed by atoms with Crippen molar-refractivity contribution in [3.05, 3.63) is 47.2 Å². The third-order valence-electron chi connectivity index (χ3n) is 5.59. The van der Waals surface area contributed by atoms with E-state index in [1.807, 2.05) is 23.4 Å². The van der Waals surface area contributed by atoms with Crippen LogP contribution in [0.3, 0.4) is 0 Å². The zero-order valence-electron chi connectivity index (χ0n) is 16.3. The van der Waals surface area contributed by atoms with Crippen LogP contribution < -0.4 is 5.32 Å². The van der Waals surface area contributed by atoms with Crippen LogP contribution in [-0.2, 0) is 10.3 Å². The topological polar surface area (TPSA) is 71.0 Å². The van der Waals surface area contributed by atoms with Crippen molar-refractivity contribution in [2.45, 2.75) is 36.8 Å². The summed E-state index contributed by atoms with van der Waals surface area (Å²) < 4.78 is 0. The Morgan fingerprint density at radius 3 is 3.00 bits per heavy atom. The van der Waals surface area contributed by atoms with Crippen LogP contribution in [0.15, 0.2) is 41.7 Å². The minimum atomic E-state index is -0.142. The summed E-state index contributed by atoms with van der Waals surface area (Å²) in [5.74, 6) is 0.848. The monoisotopic (exact) mass is 423 g/mol. The third-order valence-corrected chi connectivity index (χ3v) is 7.48. The van der Waals surface area contributed by atoms with E-state index in [-0.39, 0.29) is 11.4 Å². The van der Waals surface area contributed by atoms with Gasteiger partial charge in [0, 0.05) is 24.6 Å². The fourth-order valence-electron chi connectivity index (χ4n) is 4.24. The number of aryl methyl sites for hydroxylation is 1. The first kappa shape index (κ1) is 18.6. The number of fused-ring (bicyclic) bond motifs is 1. The number of amides is 1. The summed E-state index contributed by atoms with van der Waals surface area (Å²) in [6, 6.07) is 8.25. The van der Waals surface area contributed by atoms with Crippen LogP contribution in [0.25, 0.3) is 10.4 Å². The molecule has 2 aromatic heterocycles. The highest BCUT2D eigenvalue weighted by Crippen LogP contribution is 2.51. The summed E-state index contributed by atoms with van der Waals surface area (Å²) in [4.78, 5) is 28.6. The molecule has 3 aromatic rings. The molecule has 148 valence electrons. The van der Waals surface area contributed by atoms with E-state index in [4.69, 9.17) is 4.98 Å². The molecule has 1 N–H and O–H groups in total. The van der Waals surface area contributed by atoms with Gasteiger partial charge in [0.25, 0.3) is 0 Å². The van der Waals surface area contributed by atoms with Crippen molar-refractivity contribution in [1.29, 1.82) is 0 Å². The van der Waals surface area contributed by atoms with Crippen LogP contribution in [0.4, 0.5) is 11.6 Å². The minimum Gasteiger partial charge on any atom is -0.330 e. The summed E-state index contributed by atoms with van der Waals surface area (Å²) in [7, 11) is 0. The SMILES string of the molecule is CSc1ccnc(Nc2cc(C)cc(-c3cnc(C45CCCN4C(=O)C5)s3)c2)n1. The van der Waals surface area contributed by atoms with Crippen molar-refractivity contribution < 1.29 is 4.79 Å². The maximum absolute atomic E-state index is 12.0. The predicted molar refractivity (Wildman–Crippen MR) is 117 cm³/mol. The Morgan fingerprint density at radius 2 is 2.17 bits per heavy atom. The number of hydrogen-bond acceptors (Lipinski definition) is 7. The molecular formula is C21H21N5OS2. The Kier molecular flexibility index (Phi) is 4.55. The van der Waals surface area contributed by atoms with E-state index in [1.165, 1.54) is 0 Å². The van der Waals surface area contributed by atoms with E-state index in [9.17, 15) is 4.79 Å². The van der Waals surface area contributed by atoms with Gasteiger partial charge in [-0.1, -0.05) is 6.07 Å². The number of anilines is 2. The normalized spacial score (nSPS) is 20.5. The molecule has 2 aliphatic heterocycles. The van der Waals surface area contributed by atoms with E-state index < -0.39 is 0 Å². The maximum Gasteiger partial charge on any atom is 0.228 e. The zero-order valence-corrected chi connectivity index (χ0v) is 17.9. The standard InChI is InChI=1S/C21H21N5OS2/c1-13-8-14(10-15(9-13)24-20-22-6-4-17(25-20)28-2)16-12-23-19(29-16)21-5-3-7-26(21)18(27)11-21/h4,6,8-10,12H,3,5,7,11H2,1-2H3,(H,22,24,25). The molecule has 0 bridgehead atoms. The molecule has 5 rings (SSSR count). The van der Waals surface area contributed by atoms with Gasteiger partial charge in [0.15, 0.2) is 0 Å². The first-order valence-electron chi connectivity index (χ1n) is 9.60. The number of thiazole rings is 1. The number of carbonyl (C=O) groups excluding carboxylic acids is 1. The lowest BCUT2D eigenvalue weighted by Crippen LogP contribution is -2.57. The third kappa shape index (κ3) is 3.20. The molecule has 0 spiro atoms. The molecule has 2 saturated heterocycles. The van der Waals surface area contributed by atoms with Gasteiger partial charge in [-0.3, -0.25) is 4.79 Å². The number of aromatic nitrogens is 3. The van der Waals surface area contributed by atoms with Crippen molar-refractivity contribution in [2.24, 2.45) is 0 Å². The Hall–Kier alpha value is -2.45. The van der Waals surface area contributed by atoms with Crippen LogP contribution in [0.2, 0.25) is 0 Å². The number of nitrogens with zero attached hydrogens (tertiary/aromatic N) is 4. The molecule has 1 amide bonds. The number of β-lactam (4-membered cyclic amide) rings is 1. The lowest BCUT2D eigenvalue weighted by atomic mass is 9.85. The van der Waals surface area contributed by atoms with E-state index in [0.29, 0.717) is 12.4 Å². The van der Waals surface area contributed by atoms with Crippen LogP contribution in [-0.4, -0.2) is 38.6 Å². The quantitative estimate of drug-likeness (QED) is 0.367. The predicted octanol–water partition coefficient (Wildman–Crippen LogP) is 4.60. The highest BCUT2D eigenvalue weighted by atomic mass is 32.2. The van der Waals surface area contributed by atoms with Crippen molar-refractivity contribution in [3.63, 3.8) is 0 Å². The average molecular weight is 424 g/mol. The second-order valence-corrected chi connectivity index (χ2v) is 9.38. The number of rotatable bonds is 5. The van der Waals surface area contributed by atoms with E-state index >= 15 is 0 Å². The first-order chi connectivity index (χ1) is 14.1. The lowest BCUT2D eigenvalue weighted by Gasteiger charge is -2.45. The van der Waals surface area contributed by atoms with Crippen LogP contribution in [0.1, 0.15) is 29.8 Å². The fraction of sp³-hybridized carbons (Fsp3) is 0.333. The highest BCUT2D eigenvalue weighted by Gasteiger charge is 2.56. The molecule has 0 aliphatic carbocycles. The van der Waals surface area contributed by atoms with Crippen LogP contribution >= 0.6 is 23.1 Å². The summed E-state index contributed by atoms with van der Waals surface area (Å²) in [5, 5.41) is 5.31. The number of nitrogens with one attached hydrogen (secondary N) is 1. The second-order valence-electron chi connectivity index (χ2n) is 7.52. The maximum atomic E-state index is 12.0. The van der Waals surface area contributed by atoms with E-state index in [0.717, 1.165) is 51.1 Å². The molecule has 6 nitrogen and oxygen atoms in total. The number of benzene rings is 1. The van der Waals surface area contributed by atoms with Crippen molar-refractivity contribution in [1.82, 2.24) is 19.9 Å². The van der Waals surface area contributed by atoms with Gasteiger partial charge in [0.2, 0.25) is 11.9 Å². The molecule has 0 radical (unpaired) electrons. The Bertz CT molecular complexity index is 1100. The van der Waals surface area contributed by atoms with Gasteiger partial charge in [-0.15, -0.1) is 23.1 Å². The van der Waals surface area contributed by atoms with Gasteiger partial charge in [0.05, 0.1) is 11.3 Å². The molecule has 1 aromatic carbocycles.